The number of urea groups is 1. The number of imidazole rings is 1. The molecule has 0 aliphatic carbocycles. The molecule has 6 N–H and O–H groups in total. The molecule has 0 spiro atoms. The number of piperidine rings is 1. The lowest BCUT2D eigenvalue weighted by atomic mass is 10.1. The Balaban J connectivity index is 1.19. The molecule has 11 nitrogen and oxygen atoms in total. The van der Waals surface area contributed by atoms with Gasteiger partial charge < -0.3 is 25.7 Å². The van der Waals surface area contributed by atoms with Gasteiger partial charge in [0.15, 0.2) is 0 Å². The van der Waals surface area contributed by atoms with Crippen molar-refractivity contribution in [1.29, 1.82) is 5.41 Å². The zero-order chi connectivity index (χ0) is 31.6. The van der Waals surface area contributed by atoms with E-state index in [2.05, 4.69) is 20.6 Å². The van der Waals surface area contributed by atoms with Crippen LogP contribution in [-0.2, 0) is 24.1 Å². The molecule has 2 heterocycles. The summed E-state index contributed by atoms with van der Waals surface area (Å²) in [6.45, 7) is 5.39. The Morgan fingerprint density at radius 3 is 2.44 bits per heavy atom. The number of amidine groups is 1. The summed E-state index contributed by atoms with van der Waals surface area (Å²) in [6.07, 6.45) is 3.85. The topological polar surface area (TPSA) is 150 Å². The van der Waals surface area contributed by atoms with E-state index >= 15 is 0 Å². The lowest BCUT2D eigenvalue weighted by Gasteiger charge is -2.32. The monoisotopic (exact) mass is 610 g/mol. The van der Waals surface area contributed by atoms with Gasteiger partial charge in [-0.3, -0.25) is 15.6 Å². The fraction of sp³-hybridized carbons (Fsp3) is 0.353. The molecule has 0 unspecified atom stereocenters. The van der Waals surface area contributed by atoms with Crippen molar-refractivity contribution in [2.45, 2.75) is 51.6 Å². The molecule has 11 heteroatoms. The van der Waals surface area contributed by atoms with Crippen LogP contribution < -0.4 is 21.8 Å². The number of nitrogens with two attached hydrogens (primary N) is 1. The molecule has 0 radical (unpaired) electrons. The minimum absolute atomic E-state index is 0.0374. The molecule has 1 saturated heterocycles. The number of hydrazine groups is 1. The van der Waals surface area contributed by atoms with E-state index in [9.17, 15) is 9.59 Å². The van der Waals surface area contributed by atoms with Gasteiger partial charge in [-0.2, -0.15) is 0 Å². The molecule has 45 heavy (non-hydrogen) atoms. The number of fused-ring (bicyclic) bond motifs is 1. The largest absolute Gasteiger partial charge is 0.384 e. The van der Waals surface area contributed by atoms with Crippen molar-refractivity contribution in [3.8, 4) is 0 Å². The summed E-state index contributed by atoms with van der Waals surface area (Å²) in [7, 11) is 0. The average Bonchev–Trinajstić information content (AvgIpc) is 3.40. The van der Waals surface area contributed by atoms with E-state index in [4.69, 9.17) is 20.9 Å². The van der Waals surface area contributed by atoms with Crippen LogP contribution in [0.5, 0.6) is 0 Å². The Bertz CT molecular complexity index is 1600. The van der Waals surface area contributed by atoms with Crippen molar-refractivity contribution in [3.63, 3.8) is 0 Å². The molecule has 1 aliphatic heterocycles. The van der Waals surface area contributed by atoms with Gasteiger partial charge in [0.2, 0.25) is 0 Å². The summed E-state index contributed by atoms with van der Waals surface area (Å²) in [5.41, 5.74) is 13.6. The molecule has 0 atom stereocenters. The molecule has 1 aromatic heterocycles. The lowest BCUT2D eigenvalue weighted by molar-refractivity contribution is 0.0726. The third-order valence-electron chi connectivity index (χ3n) is 7.99. The van der Waals surface area contributed by atoms with Crippen LogP contribution in [-0.4, -0.2) is 64.7 Å². The van der Waals surface area contributed by atoms with Gasteiger partial charge in [-0.1, -0.05) is 42.5 Å². The van der Waals surface area contributed by atoms with Gasteiger partial charge in [-0.25, -0.2) is 14.8 Å². The number of rotatable bonds is 13. The SMILES string of the molecule is CCOCCCn1c(CCc2ccc(C(=N)N)cc2)nc2cc(C(=O)NN3CCC(NC(=O)Nc4ccccc4)CC3)ccc21. The van der Waals surface area contributed by atoms with Crippen molar-refractivity contribution in [2.24, 2.45) is 5.73 Å². The standard InChI is InChI=1S/C34H42N8O3/c1-2-45-22-6-19-42-30-15-14-26(23-29(30)39-31(42)16-11-24-9-12-25(13-10-24)32(35)36)33(43)40-41-20-17-28(18-21-41)38-34(44)37-27-7-4-3-5-8-27/h3-5,7-10,12-15,23,28H,2,6,11,16-22H2,1H3,(H3,35,36)(H,40,43)(H2,37,38,44). The number of hydrogen-bond donors (Lipinski definition) is 5. The number of nitrogens with one attached hydrogen (secondary N) is 4. The van der Waals surface area contributed by atoms with Crippen molar-refractivity contribution < 1.29 is 14.3 Å². The Morgan fingerprint density at radius 1 is 1.00 bits per heavy atom. The highest BCUT2D eigenvalue weighted by Gasteiger charge is 2.23. The van der Waals surface area contributed by atoms with Crippen LogP contribution in [0.2, 0.25) is 0 Å². The molecular weight excluding hydrogens is 568 g/mol. The summed E-state index contributed by atoms with van der Waals surface area (Å²) >= 11 is 0. The first-order chi connectivity index (χ1) is 21.9. The van der Waals surface area contributed by atoms with Gasteiger partial charge >= 0.3 is 6.03 Å². The van der Waals surface area contributed by atoms with Crippen LogP contribution in [0.25, 0.3) is 11.0 Å². The highest BCUT2D eigenvalue weighted by molar-refractivity contribution is 5.97. The van der Waals surface area contributed by atoms with Gasteiger partial charge in [-0.05, 0) is 68.5 Å². The minimum Gasteiger partial charge on any atom is -0.384 e. The number of nitrogen functional groups attached to an aromatic ring is 1. The summed E-state index contributed by atoms with van der Waals surface area (Å²) in [4.78, 5) is 30.6. The average molecular weight is 611 g/mol. The van der Waals surface area contributed by atoms with Crippen molar-refractivity contribution >= 4 is 34.5 Å². The highest BCUT2D eigenvalue weighted by Crippen LogP contribution is 2.21. The van der Waals surface area contributed by atoms with E-state index in [1.807, 2.05) is 84.7 Å². The second-order valence-electron chi connectivity index (χ2n) is 11.2. The van der Waals surface area contributed by atoms with E-state index in [0.717, 1.165) is 66.8 Å². The van der Waals surface area contributed by atoms with E-state index in [-0.39, 0.29) is 23.8 Å². The van der Waals surface area contributed by atoms with Gasteiger partial charge in [0.05, 0.1) is 11.0 Å². The molecule has 3 amide bonds. The number of anilines is 1. The number of nitrogens with zero attached hydrogens (tertiary/aromatic N) is 3. The molecule has 236 valence electrons. The summed E-state index contributed by atoms with van der Waals surface area (Å²) in [5, 5.41) is 15.4. The maximum absolute atomic E-state index is 13.2. The first-order valence-electron chi connectivity index (χ1n) is 15.6. The fourth-order valence-electron chi connectivity index (χ4n) is 5.56. The number of aromatic nitrogens is 2. The number of hydrogen-bond acceptors (Lipinski definition) is 6. The number of carbonyl (C=O) groups is 2. The summed E-state index contributed by atoms with van der Waals surface area (Å²) < 4.78 is 7.80. The van der Waals surface area contributed by atoms with Crippen molar-refractivity contribution in [1.82, 2.24) is 25.3 Å². The van der Waals surface area contributed by atoms with Crippen LogP contribution in [0.1, 0.15) is 53.5 Å². The van der Waals surface area contributed by atoms with Crippen LogP contribution in [0.4, 0.5) is 10.5 Å². The number of ether oxygens (including phenoxy) is 1. The predicted octanol–water partition coefficient (Wildman–Crippen LogP) is 4.46. The van der Waals surface area contributed by atoms with Crippen LogP contribution in [0.15, 0.2) is 72.8 Å². The van der Waals surface area contributed by atoms with E-state index in [1.54, 1.807) is 0 Å². The number of carbonyl (C=O) groups excluding carboxylic acids is 2. The molecule has 0 saturated carbocycles. The zero-order valence-corrected chi connectivity index (χ0v) is 25.7. The number of para-hydroxylation sites is 1. The second-order valence-corrected chi connectivity index (χ2v) is 11.2. The van der Waals surface area contributed by atoms with E-state index < -0.39 is 0 Å². The van der Waals surface area contributed by atoms with Crippen LogP contribution >= 0.6 is 0 Å². The summed E-state index contributed by atoms with van der Waals surface area (Å²) in [5.74, 6) is 0.839. The molecule has 4 aromatic rings. The number of benzene rings is 3. The predicted molar refractivity (Wildman–Crippen MR) is 176 cm³/mol. The van der Waals surface area contributed by atoms with Gasteiger partial charge in [0.1, 0.15) is 11.7 Å². The van der Waals surface area contributed by atoms with E-state index in [1.165, 1.54) is 0 Å². The fourth-order valence-corrected chi connectivity index (χ4v) is 5.56. The minimum atomic E-state index is -0.223. The maximum atomic E-state index is 13.2. The van der Waals surface area contributed by atoms with E-state index in [0.29, 0.717) is 37.4 Å². The van der Waals surface area contributed by atoms with Crippen LogP contribution in [0, 0.1) is 5.41 Å². The Kier molecular flexibility index (Phi) is 10.8. The van der Waals surface area contributed by atoms with Gasteiger partial charge in [-0.15, -0.1) is 0 Å². The number of aryl methyl sites for hydroxylation is 3. The smallest absolute Gasteiger partial charge is 0.319 e. The molecular formula is C34H42N8O3. The van der Waals surface area contributed by atoms with Crippen molar-refractivity contribution in [2.75, 3.05) is 31.6 Å². The summed E-state index contributed by atoms with van der Waals surface area (Å²) in [6, 6.07) is 22.6. The highest BCUT2D eigenvalue weighted by atomic mass is 16.5. The maximum Gasteiger partial charge on any atom is 0.319 e. The molecule has 3 aromatic carbocycles. The molecule has 1 aliphatic rings. The Labute approximate surface area is 263 Å². The Morgan fingerprint density at radius 2 is 1.73 bits per heavy atom. The first-order valence-corrected chi connectivity index (χ1v) is 15.6. The van der Waals surface area contributed by atoms with Crippen LogP contribution in [0.3, 0.4) is 0 Å². The normalized spacial score (nSPS) is 13.9. The molecule has 1 fully saturated rings. The second kappa shape index (κ2) is 15.3. The first kappa shape index (κ1) is 31.7. The number of amides is 3. The van der Waals surface area contributed by atoms with Gasteiger partial charge in [0, 0.05) is 62.1 Å². The molecule has 0 bridgehead atoms. The third kappa shape index (κ3) is 8.68. The Hall–Kier alpha value is -4.74. The zero-order valence-electron chi connectivity index (χ0n) is 25.7. The van der Waals surface area contributed by atoms with Gasteiger partial charge in [0.25, 0.3) is 5.91 Å². The quantitative estimate of drug-likeness (QED) is 0.0857. The van der Waals surface area contributed by atoms with Crippen molar-refractivity contribution in [3.05, 3.63) is 95.3 Å². The molecule has 5 rings (SSSR count). The third-order valence-corrected chi connectivity index (χ3v) is 7.99. The lowest BCUT2D eigenvalue weighted by Crippen LogP contribution is -2.51.